The molecule has 2 N–H and O–H groups in total. The third kappa shape index (κ3) is 3.70. The summed E-state index contributed by atoms with van der Waals surface area (Å²) in [5, 5.41) is 13.6. The molecular weight excluding hydrogens is 262 g/mol. The lowest BCUT2D eigenvalue weighted by Crippen LogP contribution is -2.23. The second kappa shape index (κ2) is 5.88. The van der Waals surface area contributed by atoms with Gasteiger partial charge in [0.15, 0.2) is 11.5 Å². The Morgan fingerprint density at radius 3 is 2.86 bits per heavy atom. The van der Waals surface area contributed by atoms with Crippen molar-refractivity contribution in [3.05, 3.63) is 23.8 Å². The zero-order valence-corrected chi connectivity index (χ0v) is 13.2. The number of hydrogen-bond acceptors (Lipinski definition) is 3. The van der Waals surface area contributed by atoms with E-state index in [0.717, 1.165) is 25.8 Å². The van der Waals surface area contributed by atoms with Crippen molar-refractivity contribution in [2.24, 2.45) is 5.41 Å². The van der Waals surface area contributed by atoms with Gasteiger partial charge in [-0.25, -0.2) is 0 Å². The summed E-state index contributed by atoms with van der Waals surface area (Å²) in [5.74, 6) is 0.927. The Bertz CT molecular complexity index is 492. The Labute approximate surface area is 127 Å². The van der Waals surface area contributed by atoms with E-state index in [1.165, 1.54) is 24.8 Å². The minimum Gasteiger partial charge on any atom is -0.504 e. The number of ether oxygens (including phenoxy) is 1. The maximum atomic E-state index is 10.0. The van der Waals surface area contributed by atoms with Crippen LogP contribution < -0.4 is 10.1 Å². The molecule has 2 aliphatic rings. The second-order valence-electron chi connectivity index (χ2n) is 7.45. The number of phenols is 1. The summed E-state index contributed by atoms with van der Waals surface area (Å²) in [6, 6.07) is 6.40. The van der Waals surface area contributed by atoms with Crippen LogP contribution in [-0.2, 0) is 6.42 Å². The molecule has 2 atom stereocenters. The van der Waals surface area contributed by atoms with Crippen LogP contribution in [0.2, 0.25) is 0 Å². The summed E-state index contributed by atoms with van der Waals surface area (Å²) in [5.41, 5.74) is 1.62. The van der Waals surface area contributed by atoms with Crippen molar-refractivity contribution in [1.29, 1.82) is 0 Å². The SMILES string of the molecule is CC1(C)CCC(Oc2cc(CC3CCCN3)ccc2O)C1. The van der Waals surface area contributed by atoms with Gasteiger partial charge in [0.25, 0.3) is 0 Å². The third-order valence-electron chi connectivity index (χ3n) is 4.89. The quantitative estimate of drug-likeness (QED) is 0.889. The lowest BCUT2D eigenvalue weighted by Gasteiger charge is -2.19. The molecule has 1 aliphatic carbocycles. The first-order valence-corrected chi connectivity index (χ1v) is 8.24. The van der Waals surface area contributed by atoms with E-state index in [1.807, 2.05) is 12.1 Å². The summed E-state index contributed by atoms with van der Waals surface area (Å²) in [4.78, 5) is 0. The van der Waals surface area contributed by atoms with Crippen molar-refractivity contribution < 1.29 is 9.84 Å². The highest BCUT2D eigenvalue weighted by Gasteiger charge is 2.32. The highest BCUT2D eigenvalue weighted by molar-refractivity contribution is 5.42. The molecule has 1 aliphatic heterocycles. The molecule has 1 heterocycles. The van der Waals surface area contributed by atoms with Gasteiger partial charge in [-0.2, -0.15) is 0 Å². The fraction of sp³-hybridized carbons (Fsp3) is 0.667. The van der Waals surface area contributed by atoms with Crippen LogP contribution in [0.5, 0.6) is 11.5 Å². The Kier molecular flexibility index (Phi) is 4.12. The van der Waals surface area contributed by atoms with Crippen LogP contribution >= 0.6 is 0 Å². The molecule has 1 aromatic carbocycles. The first kappa shape index (κ1) is 14.7. The van der Waals surface area contributed by atoms with E-state index in [9.17, 15) is 5.11 Å². The fourth-order valence-corrected chi connectivity index (χ4v) is 3.65. The molecular formula is C18H27NO2. The minimum absolute atomic E-state index is 0.241. The van der Waals surface area contributed by atoms with Gasteiger partial charge in [0.05, 0.1) is 6.10 Å². The van der Waals surface area contributed by atoms with E-state index in [1.54, 1.807) is 6.07 Å². The van der Waals surface area contributed by atoms with E-state index in [0.29, 0.717) is 17.2 Å². The van der Waals surface area contributed by atoms with Gasteiger partial charge in [-0.3, -0.25) is 0 Å². The first-order chi connectivity index (χ1) is 10.0. The van der Waals surface area contributed by atoms with Gasteiger partial charge in [0.2, 0.25) is 0 Å². The molecule has 116 valence electrons. The monoisotopic (exact) mass is 289 g/mol. The molecule has 3 heteroatoms. The zero-order valence-electron chi connectivity index (χ0n) is 13.2. The smallest absolute Gasteiger partial charge is 0.161 e. The van der Waals surface area contributed by atoms with E-state index >= 15 is 0 Å². The maximum Gasteiger partial charge on any atom is 0.161 e. The van der Waals surface area contributed by atoms with Gasteiger partial charge >= 0.3 is 0 Å². The highest BCUT2D eigenvalue weighted by Crippen LogP contribution is 2.40. The number of phenolic OH excluding ortho intramolecular Hbond substituents is 1. The summed E-state index contributed by atoms with van der Waals surface area (Å²) >= 11 is 0. The Morgan fingerprint density at radius 2 is 2.19 bits per heavy atom. The number of rotatable bonds is 4. The van der Waals surface area contributed by atoms with Gasteiger partial charge in [0.1, 0.15) is 0 Å². The normalized spacial score (nSPS) is 27.9. The number of benzene rings is 1. The van der Waals surface area contributed by atoms with E-state index in [2.05, 4.69) is 19.2 Å². The largest absolute Gasteiger partial charge is 0.504 e. The fourth-order valence-electron chi connectivity index (χ4n) is 3.65. The second-order valence-corrected chi connectivity index (χ2v) is 7.45. The minimum atomic E-state index is 0.241. The van der Waals surface area contributed by atoms with Gasteiger partial charge < -0.3 is 15.2 Å². The van der Waals surface area contributed by atoms with E-state index in [-0.39, 0.29) is 11.9 Å². The molecule has 2 fully saturated rings. The van der Waals surface area contributed by atoms with Crippen molar-refractivity contribution in [2.75, 3.05) is 6.54 Å². The van der Waals surface area contributed by atoms with Crippen LogP contribution in [0.3, 0.4) is 0 Å². The molecule has 0 spiro atoms. The Hall–Kier alpha value is -1.22. The summed E-state index contributed by atoms with van der Waals surface area (Å²) in [6.07, 6.45) is 7.13. The van der Waals surface area contributed by atoms with Crippen molar-refractivity contribution in [3.63, 3.8) is 0 Å². The molecule has 21 heavy (non-hydrogen) atoms. The molecule has 0 amide bonds. The molecule has 1 aromatic rings. The molecule has 1 saturated heterocycles. The topological polar surface area (TPSA) is 41.5 Å². The van der Waals surface area contributed by atoms with Crippen LogP contribution in [0.1, 0.15) is 51.5 Å². The lowest BCUT2D eigenvalue weighted by molar-refractivity contribution is 0.186. The molecule has 3 rings (SSSR count). The number of nitrogens with one attached hydrogen (secondary N) is 1. The molecule has 3 nitrogen and oxygen atoms in total. The lowest BCUT2D eigenvalue weighted by atomic mass is 9.92. The molecule has 0 bridgehead atoms. The van der Waals surface area contributed by atoms with Crippen LogP contribution in [0.15, 0.2) is 18.2 Å². The number of hydrogen-bond donors (Lipinski definition) is 2. The molecule has 0 aromatic heterocycles. The highest BCUT2D eigenvalue weighted by atomic mass is 16.5. The standard InChI is InChI=1S/C18H27NO2/c1-18(2)8-7-15(12-18)21-17-11-13(5-6-16(17)20)10-14-4-3-9-19-14/h5-6,11,14-15,19-20H,3-4,7-10,12H2,1-2H3. The molecule has 2 unspecified atom stereocenters. The summed E-state index contributed by atoms with van der Waals surface area (Å²) < 4.78 is 6.08. The van der Waals surface area contributed by atoms with E-state index < -0.39 is 0 Å². The van der Waals surface area contributed by atoms with Crippen molar-refractivity contribution in [1.82, 2.24) is 5.32 Å². The predicted molar refractivity (Wildman–Crippen MR) is 84.9 cm³/mol. The predicted octanol–water partition coefficient (Wildman–Crippen LogP) is 3.64. The van der Waals surface area contributed by atoms with Crippen LogP contribution in [-0.4, -0.2) is 23.8 Å². The maximum absolute atomic E-state index is 10.0. The average molecular weight is 289 g/mol. The van der Waals surface area contributed by atoms with Gasteiger partial charge in [0, 0.05) is 6.04 Å². The van der Waals surface area contributed by atoms with Crippen LogP contribution in [0.4, 0.5) is 0 Å². The first-order valence-electron chi connectivity index (χ1n) is 8.24. The van der Waals surface area contributed by atoms with Crippen molar-refractivity contribution >= 4 is 0 Å². The van der Waals surface area contributed by atoms with Crippen molar-refractivity contribution in [3.8, 4) is 11.5 Å². The summed E-state index contributed by atoms with van der Waals surface area (Å²) in [7, 11) is 0. The Morgan fingerprint density at radius 1 is 1.33 bits per heavy atom. The summed E-state index contributed by atoms with van der Waals surface area (Å²) in [6.45, 7) is 5.71. The van der Waals surface area contributed by atoms with Crippen LogP contribution in [0.25, 0.3) is 0 Å². The van der Waals surface area contributed by atoms with Crippen LogP contribution in [0, 0.1) is 5.41 Å². The molecule has 0 radical (unpaired) electrons. The zero-order chi connectivity index (χ0) is 14.9. The number of aromatic hydroxyl groups is 1. The van der Waals surface area contributed by atoms with Crippen molar-refractivity contribution in [2.45, 2.75) is 64.5 Å². The molecule has 1 saturated carbocycles. The van der Waals surface area contributed by atoms with Gasteiger partial charge in [-0.05, 0) is 68.2 Å². The van der Waals surface area contributed by atoms with E-state index in [4.69, 9.17) is 4.74 Å². The van der Waals surface area contributed by atoms with Gasteiger partial charge in [-0.1, -0.05) is 19.9 Å². The van der Waals surface area contributed by atoms with Gasteiger partial charge in [-0.15, -0.1) is 0 Å². The third-order valence-corrected chi connectivity index (χ3v) is 4.89. The average Bonchev–Trinajstić information content (AvgIpc) is 3.03. The Balaban J connectivity index is 1.66.